The van der Waals surface area contributed by atoms with Crippen LogP contribution >= 0.6 is 0 Å². The first kappa shape index (κ1) is 14.9. The van der Waals surface area contributed by atoms with Crippen molar-refractivity contribution in [2.24, 2.45) is 17.8 Å². The second-order valence-electron chi connectivity index (χ2n) is 7.36. The zero-order valence-corrected chi connectivity index (χ0v) is 13.1. The Balaban J connectivity index is 1.46. The van der Waals surface area contributed by atoms with Gasteiger partial charge in [-0.3, -0.25) is 9.59 Å². The van der Waals surface area contributed by atoms with Crippen LogP contribution in [0.25, 0.3) is 0 Å². The highest BCUT2D eigenvalue weighted by atomic mass is 16.2. The van der Waals surface area contributed by atoms with Crippen molar-refractivity contribution in [2.45, 2.75) is 64.3 Å². The van der Waals surface area contributed by atoms with Crippen LogP contribution in [0.1, 0.15) is 58.3 Å². The quantitative estimate of drug-likeness (QED) is 0.868. The second-order valence-corrected chi connectivity index (χ2v) is 7.36. The summed E-state index contributed by atoms with van der Waals surface area (Å²) in [5.74, 6) is 1.54. The van der Waals surface area contributed by atoms with Gasteiger partial charge in [0.05, 0.1) is 0 Å². The number of hydrogen-bond donors (Lipinski definition) is 1. The summed E-state index contributed by atoms with van der Waals surface area (Å²) in [6, 6.07) is 0.451. The number of rotatable bonds is 3. The number of likely N-dealkylation sites (tertiary alicyclic amines) is 1. The van der Waals surface area contributed by atoms with Crippen molar-refractivity contribution in [3.8, 4) is 0 Å². The van der Waals surface area contributed by atoms with Crippen LogP contribution < -0.4 is 5.32 Å². The van der Waals surface area contributed by atoms with Gasteiger partial charge in [-0.1, -0.05) is 6.92 Å². The second kappa shape index (κ2) is 6.37. The molecular formula is C17H28N2O2. The summed E-state index contributed by atoms with van der Waals surface area (Å²) in [6.45, 7) is 4.10. The normalized spacial score (nSPS) is 33.6. The third-order valence-electron chi connectivity index (χ3n) is 5.34. The highest BCUT2D eigenvalue weighted by Gasteiger charge is 2.34. The molecule has 0 aromatic heterocycles. The van der Waals surface area contributed by atoms with E-state index in [1.54, 1.807) is 0 Å². The van der Waals surface area contributed by atoms with Gasteiger partial charge in [-0.05, 0) is 57.3 Å². The molecule has 1 atom stereocenters. The number of hydrogen-bond acceptors (Lipinski definition) is 2. The van der Waals surface area contributed by atoms with Gasteiger partial charge in [0.25, 0.3) is 0 Å². The summed E-state index contributed by atoms with van der Waals surface area (Å²) in [4.78, 5) is 26.7. The van der Waals surface area contributed by atoms with E-state index in [-0.39, 0.29) is 17.7 Å². The smallest absolute Gasteiger partial charge is 0.225 e. The van der Waals surface area contributed by atoms with Gasteiger partial charge in [0.1, 0.15) is 0 Å². The summed E-state index contributed by atoms with van der Waals surface area (Å²) in [5.41, 5.74) is 0. The summed E-state index contributed by atoms with van der Waals surface area (Å²) in [5, 5.41) is 3.10. The highest BCUT2D eigenvalue weighted by Crippen LogP contribution is 2.32. The Labute approximate surface area is 127 Å². The van der Waals surface area contributed by atoms with E-state index in [1.165, 1.54) is 6.42 Å². The number of carbonyl (C=O) groups is 2. The zero-order chi connectivity index (χ0) is 14.8. The molecule has 3 fully saturated rings. The van der Waals surface area contributed by atoms with E-state index in [9.17, 15) is 9.59 Å². The van der Waals surface area contributed by atoms with Crippen LogP contribution in [0.15, 0.2) is 0 Å². The molecule has 0 aromatic carbocycles. The number of carbonyl (C=O) groups excluding carboxylic acids is 2. The van der Waals surface area contributed by atoms with Gasteiger partial charge in [-0.2, -0.15) is 0 Å². The molecule has 4 heteroatoms. The van der Waals surface area contributed by atoms with E-state index in [0.717, 1.165) is 58.0 Å². The van der Waals surface area contributed by atoms with Crippen molar-refractivity contribution in [3.05, 3.63) is 0 Å². The van der Waals surface area contributed by atoms with Gasteiger partial charge in [0.2, 0.25) is 11.8 Å². The predicted molar refractivity (Wildman–Crippen MR) is 81.6 cm³/mol. The first-order chi connectivity index (χ1) is 10.1. The lowest BCUT2D eigenvalue weighted by atomic mass is 9.80. The Hall–Kier alpha value is -1.06. The fourth-order valence-electron chi connectivity index (χ4n) is 3.80. The monoisotopic (exact) mass is 292 g/mol. The lowest BCUT2D eigenvalue weighted by Crippen LogP contribution is -2.44. The molecule has 1 unspecified atom stereocenters. The Morgan fingerprint density at radius 1 is 0.952 bits per heavy atom. The predicted octanol–water partition coefficient (Wildman–Crippen LogP) is 2.33. The molecule has 118 valence electrons. The molecule has 1 saturated heterocycles. The molecular weight excluding hydrogens is 264 g/mol. The molecule has 0 aromatic rings. The van der Waals surface area contributed by atoms with Crippen molar-refractivity contribution in [2.75, 3.05) is 13.1 Å². The van der Waals surface area contributed by atoms with Gasteiger partial charge in [-0.15, -0.1) is 0 Å². The van der Waals surface area contributed by atoms with Crippen LogP contribution in [0.3, 0.4) is 0 Å². The number of nitrogens with one attached hydrogen (secondary N) is 1. The SMILES string of the molecule is CC1CCCN(C(=O)C2CCC(C(=O)NC3CC3)CC2)C1. The van der Waals surface area contributed by atoms with Crippen molar-refractivity contribution in [1.82, 2.24) is 10.2 Å². The Kier molecular flexibility index (Phi) is 4.51. The molecule has 1 aliphatic heterocycles. The average Bonchev–Trinajstić information content (AvgIpc) is 3.30. The molecule has 0 bridgehead atoms. The maximum atomic E-state index is 12.6. The molecule has 1 N–H and O–H groups in total. The molecule has 0 radical (unpaired) electrons. The summed E-state index contributed by atoms with van der Waals surface area (Å²) in [7, 11) is 0. The molecule has 3 aliphatic rings. The van der Waals surface area contributed by atoms with Crippen molar-refractivity contribution in [1.29, 1.82) is 0 Å². The van der Waals surface area contributed by atoms with Crippen LogP contribution in [0.2, 0.25) is 0 Å². The minimum Gasteiger partial charge on any atom is -0.353 e. The van der Waals surface area contributed by atoms with Gasteiger partial charge >= 0.3 is 0 Å². The van der Waals surface area contributed by atoms with Crippen LogP contribution in [-0.2, 0) is 9.59 Å². The van der Waals surface area contributed by atoms with Crippen LogP contribution in [0, 0.1) is 17.8 Å². The molecule has 0 spiro atoms. The largest absolute Gasteiger partial charge is 0.353 e. The first-order valence-electron chi connectivity index (χ1n) is 8.72. The van der Waals surface area contributed by atoms with Crippen LogP contribution in [0.5, 0.6) is 0 Å². The van der Waals surface area contributed by atoms with E-state index < -0.39 is 0 Å². The third-order valence-corrected chi connectivity index (χ3v) is 5.34. The molecule has 2 amide bonds. The zero-order valence-electron chi connectivity index (χ0n) is 13.1. The molecule has 3 rings (SSSR count). The Morgan fingerprint density at radius 3 is 2.24 bits per heavy atom. The molecule has 2 aliphatic carbocycles. The molecule has 4 nitrogen and oxygen atoms in total. The van der Waals surface area contributed by atoms with E-state index in [4.69, 9.17) is 0 Å². The van der Waals surface area contributed by atoms with Gasteiger partial charge in [-0.25, -0.2) is 0 Å². The summed E-state index contributed by atoms with van der Waals surface area (Å²) in [6.07, 6.45) is 8.25. The molecule has 21 heavy (non-hydrogen) atoms. The highest BCUT2D eigenvalue weighted by molar-refractivity contribution is 5.81. The van der Waals surface area contributed by atoms with E-state index in [1.807, 2.05) is 0 Å². The Morgan fingerprint density at radius 2 is 1.62 bits per heavy atom. The first-order valence-corrected chi connectivity index (χ1v) is 8.72. The van der Waals surface area contributed by atoms with Crippen LogP contribution in [0.4, 0.5) is 0 Å². The molecule has 1 heterocycles. The maximum Gasteiger partial charge on any atom is 0.225 e. The minimum absolute atomic E-state index is 0.148. The van der Waals surface area contributed by atoms with Crippen molar-refractivity contribution < 1.29 is 9.59 Å². The van der Waals surface area contributed by atoms with Gasteiger partial charge < -0.3 is 10.2 Å². The lowest BCUT2D eigenvalue weighted by molar-refractivity contribution is -0.140. The van der Waals surface area contributed by atoms with Crippen molar-refractivity contribution >= 4 is 11.8 Å². The van der Waals surface area contributed by atoms with Gasteiger partial charge in [0, 0.05) is 31.0 Å². The number of piperidine rings is 1. The fourth-order valence-corrected chi connectivity index (χ4v) is 3.80. The minimum atomic E-state index is 0.148. The molecule has 2 saturated carbocycles. The fraction of sp³-hybridized carbons (Fsp3) is 0.882. The number of amides is 2. The topological polar surface area (TPSA) is 49.4 Å². The van der Waals surface area contributed by atoms with E-state index in [0.29, 0.717) is 17.9 Å². The summed E-state index contributed by atoms with van der Waals surface area (Å²) >= 11 is 0. The van der Waals surface area contributed by atoms with Crippen LogP contribution in [-0.4, -0.2) is 35.8 Å². The Bertz CT molecular complexity index is 398. The van der Waals surface area contributed by atoms with Crippen molar-refractivity contribution in [3.63, 3.8) is 0 Å². The lowest BCUT2D eigenvalue weighted by Gasteiger charge is -2.35. The summed E-state index contributed by atoms with van der Waals surface area (Å²) < 4.78 is 0. The van der Waals surface area contributed by atoms with E-state index >= 15 is 0 Å². The number of nitrogens with zero attached hydrogens (tertiary/aromatic N) is 1. The maximum absolute atomic E-state index is 12.6. The van der Waals surface area contributed by atoms with Gasteiger partial charge in [0.15, 0.2) is 0 Å². The average molecular weight is 292 g/mol. The standard InChI is InChI=1S/C17H28N2O2/c1-12-3-2-10-19(11-12)17(21)14-6-4-13(5-7-14)16(20)18-15-8-9-15/h12-15H,2-11H2,1H3,(H,18,20). The van der Waals surface area contributed by atoms with E-state index in [2.05, 4.69) is 17.1 Å². The third kappa shape index (κ3) is 3.78.